The van der Waals surface area contributed by atoms with Crippen molar-refractivity contribution in [1.29, 1.82) is 0 Å². The molecule has 1 aromatic carbocycles. The van der Waals surface area contributed by atoms with Crippen molar-refractivity contribution in [3.8, 4) is 0 Å². The molecule has 7 nitrogen and oxygen atoms in total. The van der Waals surface area contributed by atoms with Crippen LogP contribution in [0, 0.1) is 5.41 Å². The van der Waals surface area contributed by atoms with E-state index >= 15 is 0 Å². The number of carboxylic acid groups (broad SMARTS) is 1. The molecule has 1 amide bonds. The molecule has 2 N–H and O–H groups in total. The fourth-order valence-electron chi connectivity index (χ4n) is 4.78. The zero-order valence-corrected chi connectivity index (χ0v) is 18.5. The third-order valence-corrected chi connectivity index (χ3v) is 6.91. The summed E-state index contributed by atoms with van der Waals surface area (Å²) in [5.74, 6) is -1.02. The molecule has 3 heterocycles. The molecular weight excluding hydrogens is 418 g/mol. The lowest BCUT2D eigenvalue weighted by atomic mass is 9.76. The van der Waals surface area contributed by atoms with Crippen LogP contribution in [-0.4, -0.2) is 46.5 Å². The summed E-state index contributed by atoms with van der Waals surface area (Å²) in [5, 5.41) is 17.8. The Morgan fingerprint density at radius 2 is 2.13 bits per heavy atom. The number of hydrogen-bond donors (Lipinski definition) is 2. The van der Waals surface area contributed by atoms with E-state index in [1.807, 2.05) is 11.6 Å². The molecule has 1 saturated heterocycles. The van der Waals surface area contributed by atoms with Crippen LogP contribution in [0.3, 0.4) is 0 Å². The Morgan fingerprint density at radius 3 is 2.84 bits per heavy atom. The Hall–Kier alpha value is -2.38. The van der Waals surface area contributed by atoms with Gasteiger partial charge in [0.2, 0.25) is 0 Å². The molecule has 31 heavy (non-hydrogen) atoms. The van der Waals surface area contributed by atoms with Gasteiger partial charge in [-0.05, 0) is 61.6 Å². The average molecular weight is 446 g/mol. The Balaban J connectivity index is 1.59. The molecule has 1 fully saturated rings. The lowest BCUT2D eigenvalue weighted by Crippen LogP contribution is -2.40. The van der Waals surface area contributed by atoms with Gasteiger partial charge in [0.05, 0.1) is 22.5 Å². The average Bonchev–Trinajstić information content (AvgIpc) is 3.03. The minimum Gasteiger partial charge on any atom is -0.478 e. The first-order valence-corrected chi connectivity index (χ1v) is 11.3. The van der Waals surface area contributed by atoms with E-state index in [9.17, 15) is 14.7 Å². The molecule has 0 atom stereocenters. The van der Waals surface area contributed by atoms with Crippen LogP contribution in [0.4, 0.5) is 0 Å². The number of halogens is 1. The van der Waals surface area contributed by atoms with Gasteiger partial charge in [-0.1, -0.05) is 24.6 Å². The number of ether oxygens (including phenoxy) is 1. The fourth-order valence-corrected chi connectivity index (χ4v) is 5.05. The van der Waals surface area contributed by atoms with Crippen LogP contribution in [0.25, 0.3) is 0 Å². The quantitative estimate of drug-likeness (QED) is 0.709. The number of nitrogens with one attached hydrogen (secondary N) is 1. The van der Waals surface area contributed by atoms with Crippen molar-refractivity contribution < 1.29 is 19.4 Å². The number of nitrogens with zero attached hydrogens (tertiary/aromatic N) is 2. The first-order chi connectivity index (χ1) is 14.9. The second-order valence-electron chi connectivity index (χ2n) is 8.49. The van der Waals surface area contributed by atoms with Crippen molar-refractivity contribution in [3.63, 3.8) is 0 Å². The number of benzene rings is 1. The molecule has 0 unspecified atom stereocenters. The lowest BCUT2D eigenvalue weighted by Gasteiger charge is -2.36. The summed E-state index contributed by atoms with van der Waals surface area (Å²) in [5.41, 5.74) is 3.41. The predicted molar refractivity (Wildman–Crippen MR) is 117 cm³/mol. The number of aromatic carboxylic acids is 1. The minimum atomic E-state index is -0.975. The minimum absolute atomic E-state index is 0.00116. The van der Waals surface area contributed by atoms with Crippen LogP contribution in [0.15, 0.2) is 18.2 Å². The van der Waals surface area contributed by atoms with Gasteiger partial charge < -0.3 is 15.2 Å². The van der Waals surface area contributed by atoms with E-state index in [4.69, 9.17) is 21.4 Å². The number of aryl methyl sites for hydroxylation is 2. The predicted octanol–water partition coefficient (Wildman–Crippen LogP) is 3.51. The van der Waals surface area contributed by atoms with Crippen LogP contribution < -0.4 is 5.32 Å². The van der Waals surface area contributed by atoms with Gasteiger partial charge in [0.25, 0.3) is 5.91 Å². The third kappa shape index (κ3) is 4.34. The van der Waals surface area contributed by atoms with Crippen LogP contribution in [0.5, 0.6) is 0 Å². The summed E-state index contributed by atoms with van der Waals surface area (Å²) in [6.07, 6.45) is 4.53. The Kier molecular flexibility index (Phi) is 6.34. The second kappa shape index (κ2) is 9.01. The first kappa shape index (κ1) is 21.8. The highest BCUT2D eigenvalue weighted by molar-refractivity contribution is 6.31. The van der Waals surface area contributed by atoms with E-state index in [1.54, 1.807) is 18.2 Å². The molecule has 166 valence electrons. The van der Waals surface area contributed by atoms with Gasteiger partial charge in [0, 0.05) is 31.3 Å². The summed E-state index contributed by atoms with van der Waals surface area (Å²) in [4.78, 5) is 24.5. The van der Waals surface area contributed by atoms with E-state index in [0.29, 0.717) is 56.2 Å². The van der Waals surface area contributed by atoms with Crippen molar-refractivity contribution in [3.05, 3.63) is 51.3 Å². The maximum atomic E-state index is 12.9. The van der Waals surface area contributed by atoms with E-state index in [-0.39, 0.29) is 16.9 Å². The molecule has 1 spiro atoms. The number of amides is 1. The SMILES string of the molecule is CCc1nn(CCCc2c(Cl)cccc2C(=O)O)c2c1C(=O)NCC1(CCOCC1)C2. The maximum Gasteiger partial charge on any atom is 0.336 e. The highest BCUT2D eigenvalue weighted by atomic mass is 35.5. The Labute approximate surface area is 186 Å². The second-order valence-corrected chi connectivity index (χ2v) is 8.90. The Morgan fingerprint density at radius 1 is 1.35 bits per heavy atom. The lowest BCUT2D eigenvalue weighted by molar-refractivity contribution is 0.0152. The Bertz CT molecular complexity index is 995. The normalized spacial score (nSPS) is 17.8. The smallest absolute Gasteiger partial charge is 0.336 e. The van der Waals surface area contributed by atoms with Gasteiger partial charge in [-0.3, -0.25) is 9.48 Å². The molecule has 0 aliphatic carbocycles. The van der Waals surface area contributed by atoms with Crippen LogP contribution in [0.1, 0.15) is 63.9 Å². The number of hydrogen-bond acceptors (Lipinski definition) is 4. The molecule has 0 saturated carbocycles. The van der Waals surface area contributed by atoms with Crippen molar-refractivity contribution in [1.82, 2.24) is 15.1 Å². The van der Waals surface area contributed by atoms with Crippen molar-refractivity contribution in [2.45, 2.75) is 52.0 Å². The van der Waals surface area contributed by atoms with Crippen LogP contribution in [0.2, 0.25) is 5.02 Å². The van der Waals surface area contributed by atoms with Gasteiger partial charge in [0.15, 0.2) is 0 Å². The fraction of sp³-hybridized carbons (Fsp3) is 0.522. The van der Waals surface area contributed by atoms with Crippen LogP contribution >= 0.6 is 11.6 Å². The number of aromatic nitrogens is 2. The van der Waals surface area contributed by atoms with Crippen molar-refractivity contribution in [2.24, 2.45) is 5.41 Å². The number of carbonyl (C=O) groups is 2. The summed E-state index contributed by atoms with van der Waals surface area (Å²) in [7, 11) is 0. The standard InChI is InChI=1S/C23H28ClN3O4/c1-2-18-20-19(13-23(14-25-21(20)28)8-11-31-12-9-23)27(26-18)10-4-6-15-16(22(29)30)5-3-7-17(15)24/h3,5,7H,2,4,6,8-14H2,1H3,(H,25,28)(H,29,30). The molecule has 4 rings (SSSR count). The summed E-state index contributed by atoms with van der Waals surface area (Å²) in [6.45, 7) is 4.70. The molecular formula is C23H28ClN3O4. The monoisotopic (exact) mass is 445 g/mol. The number of rotatable bonds is 6. The number of fused-ring (bicyclic) bond motifs is 1. The number of carboxylic acids is 1. The largest absolute Gasteiger partial charge is 0.478 e. The van der Waals surface area contributed by atoms with Gasteiger partial charge in [-0.2, -0.15) is 5.10 Å². The zero-order chi connectivity index (χ0) is 22.0. The van der Waals surface area contributed by atoms with E-state index in [1.165, 1.54) is 0 Å². The molecule has 8 heteroatoms. The summed E-state index contributed by atoms with van der Waals surface area (Å²) in [6, 6.07) is 4.96. The molecule has 2 aliphatic heterocycles. The topological polar surface area (TPSA) is 93.5 Å². The summed E-state index contributed by atoms with van der Waals surface area (Å²) < 4.78 is 7.54. The van der Waals surface area contributed by atoms with Gasteiger partial charge in [0.1, 0.15) is 0 Å². The molecule has 2 aromatic rings. The van der Waals surface area contributed by atoms with Gasteiger partial charge >= 0.3 is 5.97 Å². The third-order valence-electron chi connectivity index (χ3n) is 6.56. The number of carbonyl (C=O) groups excluding carboxylic acids is 1. The zero-order valence-electron chi connectivity index (χ0n) is 17.7. The van der Waals surface area contributed by atoms with Gasteiger partial charge in [-0.15, -0.1) is 0 Å². The summed E-state index contributed by atoms with van der Waals surface area (Å²) >= 11 is 6.28. The maximum absolute atomic E-state index is 12.9. The molecule has 0 radical (unpaired) electrons. The van der Waals surface area contributed by atoms with Crippen molar-refractivity contribution in [2.75, 3.05) is 19.8 Å². The van der Waals surface area contributed by atoms with E-state index in [0.717, 1.165) is 36.2 Å². The molecule has 2 aliphatic rings. The highest BCUT2D eigenvalue weighted by Crippen LogP contribution is 2.37. The highest BCUT2D eigenvalue weighted by Gasteiger charge is 2.39. The molecule has 0 bridgehead atoms. The first-order valence-electron chi connectivity index (χ1n) is 10.9. The van der Waals surface area contributed by atoms with Gasteiger partial charge in [-0.25, -0.2) is 4.79 Å². The van der Waals surface area contributed by atoms with E-state index in [2.05, 4.69) is 5.32 Å². The van der Waals surface area contributed by atoms with Crippen molar-refractivity contribution >= 4 is 23.5 Å². The molecule has 1 aromatic heterocycles. The van der Waals surface area contributed by atoms with E-state index < -0.39 is 5.97 Å². The van der Waals surface area contributed by atoms with Crippen LogP contribution in [-0.2, 0) is 30.5 Å².